The molecule has 3 rings (SSSR count). The maximum absolute atomic E-state index is 12.8. The van der Waals surface area contributed by atoms with E-state index in [4.69, 9.17) is 0 Å². The lowest BCUT2D eigenvalue weighted by atomic mass is 10.2. The van der Waals surface area contributed by atoms with Gasteiger partial charge in [0.1, 0.15) is 0 Å². The summed E-state index contributed by atoms with van der Waals surface area (Å²) in [4.78, 5) is -0.435. The van der Waals surface area contributed by atoms with Gasteiger partial charge in [0.15, 0.2) is 0 Å². The van der Waals surface area contributed by atoms with Crippen LogP contribution in [-0.2, 0) is 22.7 Å². The first-order valence-corrected chi connectivity index (χ1v) is 9.00. The molecule has 9 heteroatoms. The van der Waals surface area contributed by atoms with Crippen molar-refractivity contribution in [1.29, 1.82) is 0 Å². The van der Waals surface area contributed by atoms with Crippen LogP contribution < -0.4 is 4.72 Å². The zero-order valence-corrected chi connectivity index (χ0v) is 14.1. The summed E-state index contributed by atoms with van der Waals surface area (Å²) < 4.78 is 66.8. The first kappa shape index (κ1) is 18.2. The maximum atomic E-state index is 12.8. The molecule has 1 aromatic heterocycles. The van der Waals surface area contributed by atoms with Crippen LogP contribution in [0.2, 0.25) is 0 Å². The molecule has 0 amide bonds. The predicted octanol–water partition coefficient (Wildman–Crippen LogP) is 3.37. The number of hydrogen-bond acceptors (Lipinski definition) is 3. The molecule has 3 aromatic rings. The van der Waals surface area contributed by atoms with E-state index in [9.17, 15) is 21.6 Å². The van der Waals surface area contributed by atoms with Crippen LogP contribution in [0.15, 0.2) is 71.9 Å². The molecule has 1 heterocycles. The van der Waals surface area contributed by atoms with Gasteiger partial charge in [0.2, 0.25) is 10.0 Å². The molecule has 0 saturated carbocycles. The van der Waals surface area contributed by atoms with E-state index in [0.29, 0.717) is 11.6 Å². The highest BCUT2D eigenvalue weighted by molar-refractivity contribution is 7.89. The van der Waals surface area contributed by atoms with Gasteiger partial charge < -0.3 is 0 Å². The minimum Gasteiger partial charge on any atom is -0.241 e. The second-order valence-electron chi connectivity index (χ2n) is 5.47. The number of hydrogen-bond donors (Lipinski definition) is 1. The lowest BCUT2D eigenvalue weighted by molar-refractivity contribution is -0.137. The smallest absolute Gasteiger partial charge is 0.241 e. The minimum absolute atomic E-state index is 0.0618. The van der Waals surface area contributed by atoms with Crippen molar-refractivity contribution in [1.82, 2.24) is 14.5 Å². The largest absolute Gasteiger partial charge is 0.416 e. The number of benzene rings is 2. The molecule has 0 atom stereocenters. The lowest BCUT2D eigenvalue weighted by Gasteiger charge is -2.11. The number of nitrogens with one attached hydrogen (secondary N) is 1. The van der Waals surface area contributed by atoms with Crippen LogP contribution in [-0.4, -0.2) is 18.2 Å². The second-order valence-corrected chi connectivity index (χ2v) is 7.24. The van der Waals surface area contributed by atoms with E-state index < -0.39 is 26.7 Å². The van der Waals surface area contributed by atoms with Crippen molar-refractivity contribution in [3.63, 3.8) is 0 Å². The Balaban J connectivity index is 1.78. The summed E-state index contributed by atoms with van der Waals surface area (Å²) in [6.07, 6.45) is -1.25. The van der Waals surface area contributed by atoms with Crippen LogP contribution in [0.3, 0.4) is 0 Å². The van der Waals surface area contributed by atoms with Gasteiger partial charge in [0.05, 0.1) is 16.1 Å². The second kappa shape index (κ2) is 6.93. The molecule has 0 fully saturated rings. The van der Waals surface area contributed by atoms with Gasteiger partial charge in [-0.25, -0.2) is 17.8 Å². The Labute approximate surface area is 148 Å². The average Bonchev–Trinajstić information content (AvgIpc) is 3.14. The third-order valence-corrected chi connectivity index (χ3v) is 5.02. The molecule has 0 aliphatic rings. The fourth-order valence-corrected chi connectivity index (χ4v) is 3.39. The summed E-state index contributed by atoms with van der Waals surface area (Å²) in [5.74, 6) is 0. The molecule has 136 valence electrons. The van der Waals surface area contributed by atoms with Crippen LogP contribution in [0.4, 0.5) is 13.2 Å². The third kappa shape index (κ3) is 4.12. The molecular formula is C17H14F3N3O2S. The topological polar surface area (TPSA) is 64.0 Å². The van der Waals surface area contributed by atoms with E-state index in [-0.39, 0.29) is 6.54 Å². The van der Waals surface area contributed by atoms with Crippen molar-refractivity contribution in [2.45, 2.75) is 17.6 Å². The summed E-state index contributed by atoms with van der Waals surface area (Å²) in [6.45, 7) is -0.0618. The molecule has 5 nitrogen and oxygen atoms in total. The van der Waals surface area contributed by atoms with Crippen molar-refractivity contribution < 1.29 is 21.6 Å². The number of sulfonamides is 1. The summed E-state index contributed by atoms with van der Waals surface area (Å²) in [7, 11) is -4.08. The molecule has 0 saturated heterocycles. The first-order valence-electron chi connectivity index (χ1n) is 7.52. The molecule has 0 unspecified atom stereocenters. The van der Waals surface area contributed by atoms with Crippen LogP contribution in [0.5, 0.6) is 0 Å². The molecular weight excluding hydrogens is 367 g/mol. The molecule has 0 aliphatic carbocycles. The van der Waals surface area contributed by atoms with Gasteiger partial charge in [-0.15, -0.1) is 0 Å². The van der Waals surface area contributed by atoms with Crippen molar-refractivity contribution in [2.24, 2.45) is 0 Å². The Kier molecular flexibility index (Phi) is 4.84. The predicted molar refractivity (Wildman–Crippen MR) is 89.0 cm³/mol. The standard InChI is InChI=1S/C17H14F3N3O2S/c18-17(19,20)14-5-2-7-16(11-14)26(24,25)22-12-13-4-1-6-15(10-13)23-9-3-8-21-23/h1-11,22H,12H2. The van der Waals surface area contributed by atoms with Crippen molar-refractivity contribution in [2.75, 3.05) is 0 Å². The highest BCUT2D eigenvalue weighted by Gasteiger charge is 2.31. The minimum atomic E-state index is -4.61. The molecule has 26 heavy (non-hydrogen) atoms. The molecule has 0 bridgehead atoms. The van der Waals surface area contributed by atoms with Gasteiger partial charge in [0, 0.05) is 18.9 Å². The fraction of sp³-hybridized carbons (Fsp3) is 0.118. The Hall–Kier alpha value is -2.65. The van der Waals surface area contributed by atoms with Crippen LogP contribution in [0.25, 0.3) is 5.69 Å². The number of halogens is 3. The van der Waals surface area contributed by atoms with Gasteiger partial charge in [-0.05, 0) is 42.0 Å². The maximum Gasteiger partial charge on any atom is 0.416 e. The average molecular weight is 381 g/mol. The number of aromatic nitrogens is 2. The Morgan fingerprint density at radius 2 is 1.81 bits per heavy atom. The first-order chi connectivity index (χ1) is 12.3. The van der Waals surface area contributed by atoms with E-state index in [0.717, 1.165) is 23.9 Å². The molecule has 2 aromatic carbocycles. The summed E-state index contributed by atoms with van der Waals surface area (Å²) >= 11 is 0. The Bertz CT molecular complexity index is 1000. The molecule has 0 aliphatic heterocycles. The van der Waals surface area contributed by atoms with Crippen LogP contribution in [0, 0.1) is 0 Å². The van der Waals surface area contributed by atoms with Crippen LogP contribution >= 0.6 is 0 Å². The van der Waals surface area contributed by atoms with E-state index in [1.807, 2.05) is 0 Å². The zero-order valence-electron chi connectivity index (χ0n) is 13.3. The fourth-order valence-electron chi connectivity index (χ4n) is 2.33. The van der Waals surface area contributed by atoms with E-state index in [1.165, 1.54) is 0 Å². The van der Waals surface area contributed by atoms with Gasteiger partial charge in [-0.2, -0.15) is 18.3 Å². The van der Waals surface area contributed by atoms with Crippen molar-refractivity contribution in [3.05, 3.63) is 78.1 Å². The lowest BCUT2D eigenvalue weighted by Crippen LogP contribution is -2.23. The third-order valence-electron chi connectivity index (χ3n) is 3.62. The van der Waals surface area contributed by atoms with Gasteiger partial charge in [-0.3, -0.25) is 0 Å². The van der Waals surface area contributed by atoms with E-state index in [2.05, 4.69) is 9.82 Å². The SMILES string of the molecule is O=S(=O)(NCc1cccc(-n2cccn2)c1)c1cccc(C(F)(F)F)c1. The van der Waals surface area contributed by atoms with Gasteiger partial charge in [-0.1, -0.05) is 18.2 Å². The highest BCUT2D eigenvalue weighted by atomic mass is 32.2. The zero-order chi connectivity index (χ0) is 18.8. The molecule has 1 N–H and O–H groups in total. The molecule has 0 radical (unpaired) electrons. The Morgan fingerprint density at radius 3 is 2.50 bits per heavy atom. The normalized spacial score (nSPS) is 12.3. The van der Waals surface area contributed by atoms with Crippen molar-refractivity contribution in [3.8, 4) is 5.69 Å². The van der Waals surface area contributed by atoms with Crippen LogP contribution in [0.1, 0.15) is 11.1 Å². The summed E-state index contributed by atoms with van der Waals surface area (Å²) in [6, 6.07) is 12.4. The monoisotopic (exact) mass is 381 g/mol. The van der Waals surface area contributed by atoms with Crippen molar-refractivity contribution >= 4 is 10.0 Å². The number of rotatable bonds is 5. The van der Waals surface area contributed by atoms with E-state index in [1.54, 1.807) is 47.4 Å². The van der Waals surface area contributed by atoms with Gasteiger partial charge >= 0.3 is 6.18 Å². The number of nitrogens with zero attached hydrogens (tertiary/aromatic N) is 2. The van der Waals surface area contributed by atoms with Gasteiger partial charge in [0.25, 0.3) is 0 Å². The van der Waals surface area contributed by atoms with E-state index >= 15 is 0 Å². The number of alkyl halides is 3. The summed E-state index contributed by atoms with van der Waals surface area (Å²) in [5.41, 5.74) is 0.375. The quantitative estimate of drug-likeness (QED) is 0.737. The molecule has 0 spiro atoms. The highest BCUT2D eigenvalue weighted by Crippen LogP contribution is 2.30. The summed E-state index contributed by atoms with van der Waals surface area (Å²) in [5, 5.41) is 4.09. The Morgan fingerprint density at radius 1 is 1.04 bits per heavy atom.